The Hall–Kier alpha value is -2.78. The highest BCUT2D eigenvalue weighted by Gasteiger charge is 2.20. The van der Waals surface area contributed by atoms with E-state index in [1.165, 1.54) is 20.5 Å². The Morgan fingerprint density at radius 1 is 1.43 bits per heavy atom. The average Bonchev–Trinajstić information content (AvgIpc) is 2.59. The Bertz CT molecular complexity index is 685. The van der Waals surface area contributed by atoms with Crippen LogP contribution in [0.5, 0.6) is 0 Å². The molecule has 23 heavy (non-hydrogen) atoms. The summed E-state index contributed by atoms with van der Waals surface area (Å²) in [6.07, 6.45) is 6.48. The molecule has 0 saturated carbocycles. The molecule has 0 aromatic heterocycles. The van der Waals surface area contributed by atoms with Gasteiger partial charge in [-0.3, -0.25) is 0 Å². The normalized spacial score (nSPS) is 15.5. The van der Waals surface area contributed by atoms with Crippen LogP contribution in [0.2, 0.25) is 0 Å². The Balaban J connectivity index is 2.41. The summed E-state index contributed by atoms with van der Waals surface area (Å²) < 4.78 is 15.2. The maximum absolute atomic E-state index is 11.9. The van der Waals surface area contributed by atoms with Gasteiger partial charge in [-0.25, -0.2) is 4.79 Å². The number of esters is 1. The van der Waals surface area contributed by atoms with E-state index in [2.05, 4.69) is 11.1 Å². The van der Waals surface area contributed by atoms with Crippen molar-refractivity contribution in [2.24, 2.45) is 5.16 Å². The van der Waals surface area contributed by atoms with Crippen LogP contribution in [0.25, 0.3) is 5.57 Å². The lowest BCUT2D eigenvalue weighted by atomic mass is 9.96. The second kappa shape index (κ2) is 8.01. The van der Waals surface area contributed by atoms with Gasteiger partial charge >= 0.3 is 5.97 Å². The van der Waals surface area contributed by atoms with Crippen LogP contribution in [0.1, 0.15) is 16.7 Å². The summed E-state index contributed by atoms with van der Waals surface area (Å²) in [5.74, 6) is 1.86. The first kappa shape index (κ1) is 16.6. The number of fused-ring (bicyclic) bond motifs is 1. The standard InChI is InChI=1S/C17H17NO5/c1-4-7-23-18-16-11-22-9-13-6-5-12(8-14(13)16)15(10-20-2)17(19)21-3/h1,5-6,8,10H,7,9,11H2,2-3H3/b15-10+,18-16+. The van der Waals surface area contributed by atoms with E-state index in [0.29, 0.717) is 30.1 Å². The van der Waals surface area contributed by atoms with Crippen molar-refractivity contribution in [2.75, 3.05) is 27.4 Å². The van der Waals surface area contributed by atoms with E-state index in [1.54, 1.807) is 6.07 Å². The lowest BCUT2D eigenvalue weighted by molar-refractivity contribution is -0.133. The first-order valence-electron chi connectivity index (χ1n) is 6.86. The third-order valence-corrected chi connectivity index (χ3v) is 3.19. The van der Waals surface area contributed by atoms with Gasteiger partial charge in [-0.15, -0.1) is 6.42 Å². The predicted octanol–water partition coefficient (Wildman–Crippen LogP) is 1.73. The number of benzene rings is 1. The fourth-order valence-electron chi connectivity index (χ4n) is 2.16. The number of hydrogen-bond acceptors (Lipinski definition) is 6. The molecule has 120 valence electrons. The number of terminal acetylenes is 1. The number of carbonyl (C=O) groups excluding carboxylic acids is 1. The van der Waals surface area contributed by atoms with E-state index < -0.39 is 5.97 Å². The highest BCUT2D eigenvalue weighted by atomic mass is 16.6. The molecule has 1 heterocycles. The number of oxime groups is 1. The lowest BCUT2D eigenvalue weighted by Gasteiger charge is -2.19. The van der Waals surface area contributed by atoms with Gasteiger partial charge in [0.15, 0.2) is 6.61 Å². The molecular formula is C17H17NO5. The van der Waals surface area contributed by atoms with Crippen LogP contribution in [0.4, 0.5) is 0 Å². The summed E-state index contributed by atoms with van der Waals surface area (Å²) in [7, 11) is 2.79. The van der Waals surface area contributed by atoms with Gasteiger partial charge in [-0.2, -0.15) is 0 Å². The lowest BCUT2D eigenvalue weighted by Crippen LogP contribution is -2.20. The zero-order valence-electron chi connectivity index (χ0n) is 13.0. The van der Waals surface area contributed by atoms with Crippen LogP contribution in [-0.4, -0.2) is 39.1 Å². The van der Waals surface area contributed by atoms with E-state index in [4.69, 9.17) is 25.5 Å². The molecular weight excluding hydrogens is 298 g/mol. The minimum absolute atomic E-state index is 0.0789. The largest absolute Gasteiger partial charge is 0.503 e. The molecule has 1 aromatic rings. The second-order valence-corrected chi connectivity index (χ2v) is 4.64. The van der Waals surface area contributed by atoms with Crippen molar-refractivity contribution in [3.63, 3.8) is 0 Å². The van der Waals surface area contributed by atoms with Gasteiger partial charge < -0.3 is 19.0 Å². The fourth-order valence-corrected chi connectivity index (χ4v) is 2.16. The highest BCUT2D eigenvalue weighted by molar-refractivity contribution is 6.16. The predicted molar refractivity (Wildman–Crippen MR) is 84.4 cm³/mol. The Kier molecular flexibility index (Phi) is 5.78. The van der Waals surface area contributed by atoms with Gasteiger partial charge in [0.25, 0.3) is 0 Å². The van der Waals surface area contributed by atoms with Crippen LogP contribution in [0.15, 0.2) is 29.6 Å². The van der Waals surface area contributed by atoms with Crippen LogP contribution in [-0.2, 0) is 30.4 Å². The van der Waals surface area contributed by atoms with Crippen molar-refractivity contribution in [3.05, 3.63) is 41.2 Å². The quantitative estimate of drug-likeness (QED) is 0.207. The minimum atomic E-state index is -0.485. The minimum Gasteiger partial charge on any atom is -0.503 e. The molecule has 0 atom stereocenters. The Morgan fingerprint density at radius 3 is 2.96 bits per heavy atom. The summed E-state index contributed by atoms with van der Waals surface area (Å²) in [5.41, 5.74) is 3.38. The van der Waals surface area contributed by atoms with Crippen molar-refractivity contribution >= 4 is 17.3 Å². The van der Waals surface area contributed by atoms with Crippen molar-refractivity contribution in [3.8, 4) is 12.3 Å². The molecule has 0 spiro atoms. The molecule has 0 bridgehead atoms. The monoisotopic (exact) mass is 315 g/mol. The van der Waals surface area contributed by atoms with Crippen LogP contribution < -0.4 is 0 Å². The number of ether oxygens (including phenoxy) is 3. The molecule has 0 fully saturated rings. The van der Waals surface area contributed by atoms with E-state index >= 15 is 0 Å². The number of methoxy groups -OCH3 is 2. The van der Waals surface area contributed by atoms with Gasteiger partial charge in [0.1, 0.15) is 11.3 Å². The Morgan fingerprint density at radius 2 is 2.26 bits per heavy atom. The second-order valence-electron chi connectivity index (χ2n) is 4.64. The third-order valence-electron chi connectivity index (χ3n) is 3.19. The van der Waals surface area contributed by atoms with Crippen molar-refractivity contribution in [2.45, 2.75) is 6.61 Å². The summed E-state index contributed by atoms with van der Waals surface area (Å²) >= 11 is 0. The smallest absolute Gasteiger partial charge is 0.341 e. The van der Waals surface area contributed by atoms with Gasteiger partial charge in [0.2, 0.25) is 0 Å². The van der Waals surface area contributed by atoms with Crippen molar-refractivity contribution in [1.29, 1.82) is 0 Å². The first-order valence-corrected chi connectivity index (χ1v) is 6.86. The maximum atomic E-state index is 11.9. The topological polar surface area (TPSA) is 66.3 Å². The highest BCUT2D eigenvalue weighted by Crippen LogP contribution is 2.24. The number of nitrogens with zero attached hydrogens (tertiary/aromatic N) is 1. The molecule has 1 aliphatic rings. The number of rotatable bonds is 5. The molecule has 0 N–H and O–H groups in total. The van der Waals surface area contributed by atoms with Crippen LogP contribution in [0, 0.1) is 12.3 Å². The molecule has 6 nitrogen and oxygen atoms in total. The van der Waals surface area contributed by atoms with E-state index in [0.717, 1.165) is 11.1 Å². The van der Waals surface area contributed by atoms with Crippen molar-refractivity contribution < 1.29 is 23.8 Å². The van der Waals surface area contributed by atoms with E-state index in [1.807, 2.05) is 12.1 Å². The molecule has 0 radical (unpaired) electrons. The maximum Gasteiger partial charge on any atom is 0.341 e. The SMILES string of the molecule is C#CCO/N=C1\COCc2ccc(/C(=C\OC)C(=O)OC)cc21. The molecule has 1 aliphatic heterocycles. The molecule has 0 aliphatic carbocycles. The fraction of sp³-hybridized carbons (Fsp3) is 0.294. The van der Waals surface area contributed by atoms with Gasteiger partial charge in [-0.05, 0) is 17.2 Å². The number of carbonyl (C=O) groups is 1. The van der Waals surface area contributed by atoms with Gasteiger partial charge in [0, 0.05) is 5.56 Å². The molecule has 6 heteroatoms. The molecule has 0 unspecified atom stereocenters. The van der Waals surface area contributed by atoms with E-state index in [9.17, 15) is 4.79 Å². The van der Waals surface area contributed by atoms with E-state index in [-0.39, 0.29) is 6.61 Å². The summed E-state index contributed by atoms with van der Waals surface area (Å²) in [6.45, 7) is 0.851. The molecule has 2 rings (SSSR count). The average molecular weight is 315 g/mol. The molecule has 0 amide bonds. The zero-order valence-corrected chi connectivity index (χ0v) is 13.0. The van der Waals surface area contributed by atoms with Gasteiger partial charge in [0.05, 0.1) is 33.7 Å². The van der Waals surface area contributed by atoms with Crippen molar-refractivity contribution in [1.82, 2.24) is 0 Å². The third kappa shape index (κ3) is 3.90. The summed E-state index contributed by atoms with van der Waals surface area (Å²) in [6, 6.07) is 5.50. The Labute approximate surface area is 134 Å². The number of hydrogen-bond donors (Lipinski definition) is 0. The van der Waals surface area contributed by atoms with Crippen LogP contribution in [0.3, 0.4) is 0 Å². The zero-order chi connectivity index (χ0) is 16.7. The summed E-state index contributed by atoms with van der Waals surface area (Å²) in [4.78, 5) is 16.9. The molecule has 1 aromatic carbocycles. The van der Waals surface area contributed by atoms with Gasteiger partial charge in [-0.1, -0.05) is 23.2 Å². The molecule has 0 saturated heterocycles. The van der Waals surface area contributed by atoms with Crippen LogP contribution >= 0.6 is 0 Å². The summed E-state index contributed by atoms with van der Waals surface area (Å²) in [5, 5.41) is 4.01. The first-order chi connectivity index (χ1) is 11.2.